The van der Waals surface area contributed by atoms with Crippen molar-refractivity contribution in [2.75, 3.05) is 0 Å². The highest BCUT2D eigenvalue weighted by Gasteiger charge is 2.09. The smallest absolute Gasteiger partial charge is 0.0951 e. The van der Waals surface area contributed by atoms with Crippen molar-refractivity contribution in [2.45, 2.75) is 39.7 Å². The van der Waals surface area contributed by atoms with Crippen LogP contribution in [-0.2, 0) is 6.54 Å². The summed E-state index contributed by atoms with van der Waals surface area (Å²) in [4.78, 5) is 4.24. The van der Waals surface area contributed by atoms with Gasteiger partial charge in [0.1, 0.15) is 0 Å². The van der Waals surface area contributed by atoms with E-state index < -0.39 is 0 Å². The molecule has 0 atom stereocenters. The summed E-state index contributed by atoms with van der Waals surface area (Å²) in [7, 11) is 0. The molecule has 0 bridgehead atoms. The average molecular weight is 177 g/mol. The zero-order chi connectivity index (χ0) is 9.84. The van der Waals surface area contributed by atoms with Crippen LogP contribution in [0.1, 0.15) is 37.6 Å². The van der Waals surface area contributed by atoms with Gasteiger partial charge in [0.15, 0.2) is 0 Å². The van der Waals surface area contributed by atoms with Crippen LogP contribution >= 0.6 is 0 Å². The normalized spacial score (nSPS) is 10.4. The Labute approximate surface area is 79.0 Å². The first kappa shape index (κ1) is 9.79. The van der Waals surface area contributed by atoms with E-state index >= 15 is 0 Å². The molecule has 1 heterocycles. The van der Waals surface area contributed by atoms with Gasteiger partial charge in [0.05, 0.1) is 24.5 Å². The molecule has 3 nitrogen and oxygen atoms in total. The highest BCUT2D eigenvalue weighted by atomic mass is 15.1. The summed E-state index contributed by atoms with van der Waals surface area (Å²) in [6.07, 6.45) is 2.37. The number of nitrogens with zero attached hydrogens (tertiary/aromatic N) is 3. The van der Waals surface area contributed by atoms with Crippen molar-refractivity contribution in [3.05, 3.63) is 17.7 Å². The van der Waals surface area contributed by atoms with Gasteiger partial charge in [-0.25, -0.2) is 4.98 Å². The van der Waals surface area contributed by atoms with E-state index in [1.165, 1.54) is 5.69 Å². The fourth-order valence-electron chi connectivity index (χ4n) is 1.59. The second kappa shape index (κ2) is 4.08. The molecule has 0 fully saturated rings. The van der Waals surface area contributed by atoms with Gasteiger partial charge in [0, 0.05) is 12.2 Å². The summed E-state index contributed by atoms with van der Waals surface area (Å²) in [6.45, 7) is 7.06. The van der Waals surface area contributed by atoms with E-state index in [-0.39, 0.29) is 0 Å². The van der Waals surface area contributed by atoms with Gasteiger partial charge < -0.3 is 4.57 Å². The molecule has 0 spiro atoms. The number of rotatable bonds is 3. The van der Waals surface area contributed by atoms with Crippen LogP contribution in [0, 0.1) is 18.3 Å². The lowest BCUT2D eigenvalue weighted by Crippen LogP contribution is -2.04. The van der Waals surface area contributed by atoms with E-state index in [4.69, 9.17) is 5.26 Å². The Morgan fingerprint density at radius 2 is 2.31 bits per heavy atom. The minimum Gasteiger partial charge on any atom is -0.333 e. The number of imidazole rings is 1. The van der Waals surface area contributed by atoms with E-state index in [0.717, 1.165) is 12.2 Å². The maximum Gasteiger partial charge on any atom is 0.0951 e. The number of hydrogen-bond donors (Lipinski definition) is 0. The van der Waals surface area contributed by atoms with Gasteiger partial charge in [-0.2, -0.15) is 5.26 Å². The summed E-state index contributed by atoms with van der Waals surface area (Å²) in [5, 5.41) is 8.48. The molecule has 0 saturated heterocycles. The molecule has 1 aromatic heterocycles. The molecule has 0 aliphatic carbocycles. The zero-order valence-corrected chi connectivity index (χ0v) is 8.41. The van der Waals surface area contributed by atoms with Crippen molar-refractivity contribution >= 4 is 0 Å². The molecule has 0 aromatic carbocycles. The topological polar surface area (TPSA) is 41.6 Å². The zero-order valence-electron chi connectivity index (χ0n) is 8.41. The Balaban J connectivity index is 2.88. The molecule has 0 N–H and O–H groups in total. The lowest BCUT2D eigenvalue weighted by atomic mass is 10.1. The number of aryl methyl sites for hydroxylation is 2. The minimum absolute atomic E-state index is 0.473. The van der Waals surface area contributed by atoms with Crippen LogP contribution in [0.3, 0.4) is 0 Å². The molecule has 1 rings (SSSR count). The third kappa shape index (κ3) is 2.09. The highest BCUT2D eigenvalue weighted by molar-refractivity contribution is 5.15. The second-order valence-electron chi connectivity index (χ2n) is 3.47. The third-order valence-electron chi connectivity index (χ3n) is 2.08. The standard InChI is InChI=1S/C10H15N3/c1-8(2)10-9(3)12-7-13(10)6-4-5-11/h7-8H,4,6H2,1-3H3. The van der Waals surface area contributed by atoms with E-state index in [1.807, 2.05) is 13.3 Å². The van der Waals surface area contributed by atoms with Crippen molar-refractivity contribution in [1.82, 2.24) is 9.55 Å². The quantitative estimate of drug-likeness (QED) is 0.710. The molecule has 0 aliphatic heterocycles. The van der Waals surface area contributed by atoms with Crippen LogP contribution in [-0.4, -0.2) is 9.55 Å². The van der Waals surface area contributed by atoms with Gasteiger partial charge in [-0.15, -0.1) is 0 Å². The number of aromatic nitrogens is 2. The first-order valence-corrected chi connectivity index (χ1v) is 4.55. The highest BCUT2D eigenvalue weighted by Crippen LogP contribution is 2.17. The Hall–Kier alpha value is -1.30. The van der Waals surface area contributed by atoms with Crippen molar-refractivity contribution in [3.63, 3.8) is 0 Å². The predicted molar refractivity (Wildman–Crippen MR) is 51.3 cm³/mol. The Bertz CT molecular complexity index is 317. The van der Waals surface area contributed by atoms with Crippen LogP contribution < -0.4 is 0 Å². The van der Waals surface area contributed by atoms with Gasteiger partial charge in [0.2, 0.25) is 0 Å². The molecule has 1 aromatic rings. The summed E-state index contributed by atoms with van der Waals surface area (Å²) >= 11 is 0. The lowest BCUT2D eigenvalue weighted by molar-refractivity contribution is 0.642. The first-order chi connectivity index (χ1) is 6.16. The fraction of sp³-hybridized carbons (Fsp3) is 0.600. The van der Waals surface area contributed by atoms with Crippen molar-refractivity contribution < 1.29 is 0 Å². The van der Waals surface area contributed by atoms with Crippen LogP contribution in [0.5, 0.6) is 0 Å². The molecule has 3 heteroatoms. The van der Waals surface area contributed by atoms with E-state index in [1.54, 1.807) is 0 Å². The van der Waals surface area contributed by atoms with Crippen molar-refractivity contribution in [3.8, 4) is 6.07 Å². The molecular formula is C10H15N3. The van der Waals surface area contributed by atoms with E-state index in [2.05, 4.69) is 29.5 Å². The largest absolute Gasteiger partial charge is 0.333 e. The van der Waals surface area contributed by atoms with E-state index in [0.29, 0.717) is 12.3 Å². The van der Waals surface area contributed by atoms with Gasteiger partial charge in [-0.1, -0.05) is 13.8 Å². The summed E-state index contributed by atoms with van der Waals surface area (Å²) < 4.78 is 2.07. The van der Waals surface area contributed by atoms with Crippen LogP contribution in [0.4, 0.5) is 0 Å². The van der Waals surface area contributed by atoms with Gasteiger partial charge in [0.25, 0.3) is 0 Å². The van der Waals surface area contributed by atoms with Crippen LogP contribution in [0.2, 0.25) is 0 Å². The minimum atomic E-state index is 0.473. The number of nitriles is 1. The molecular weight excluding hydrogens is 162 g/mol. The Morgan fingerprint density at radius 3 is 2.85 bits per heavy atom. The second-order valence-corrected chi connectivity index (χ2v) is 3.47. The molecule has 0 saturated carbocycles. The lowest BCUT2D eigenvalue weighted by Gasteiger charge is -2.09. The molecule has 0 amide bonds. The molecule has 0 radical (unpaired) electrons. The van der Waals surface area contributed by atoms with E-state index in [9.17, 15) is 0 Å². The summed E-state index contributed by atoms with van der Waals surface area (Å²) in [6, 6.07) is 2.14. The SMILES string of the molecule is Cc1ncn(CCC#N)c1C(C)C. The van der Waals surface area contributed by atoms with Gasteiger partial charge >= 0.3 is 0 Å². The van der Waals surface area contributed by atoms with Gasteiger partial charge in [-0.3, -0.25) is 0 Å². The Kier molecular flexibility index (Phi) is 3.07. The number of hydrogen-bond acceptors (Lipinski definition) is 2. The third-order valence-corrected chi connectivity index (χ3v) is 2.08. The van der Waals surface area contributed by atoms with Crippen LogP contribution in [0.25, 0.3) is 0 Å². The van der Waals surface area contributed by atoms with Crippen molar-refractivity contribution in [2.24, 2.45) is 0 Å². The van der Waals surface area contributed by atoms with Crippen LogP contribution in [0.15, 0.2) is 6.33 Å². The monoisotopic (exact) mass is 177 g/mol. The maximum atomic E-state index is 8.48. The predicted octanol–water partition coefficient (Wildman–Crippen LogP) is 2.23. The maximum absolute atomic E-state index is 8.48. The molecule has 0 unspecified atom stereocenters. The fourth-order valence-corrected chi connectivity index (χ4v) is 1.59. The summed E-state index contributed by atoms with van der Waals surface area (Å²) in [5.41, 5.74) is 2.32. The summed E-state index contributed by atoms with van der Waals surface area (Å²) in [5.74, 6) is 0.473. The van der Waals surface area contributed by atoms with Crippen molar-refractivity contribution in [1.29, 1.82) is 5.26 Å². The first-order valence-electron chi connectivity index (χ1n) is 4.55. The average Bonchev–Trinajstić information content (AvgIpc) is 2.43. The Morgan fingerprint density at radius 1 is 1.62 bits per heavy atom. The van der Waals surface area contributed by atoms with Gasteiger partial charge in [-0.05, 0) is 12.8 Å². The molecule has 13 heavy (non-hydrogen) atoms. The molecule has 0 aliphatic rings. The molecule has 70 valence electrons.